The highest BCUT2D eigenvalue weighted by atomic mass is 127. The van der Waals surface area contributed by atoms with Crippen LogP contribution in [0.2, 0.25) is 5.04 Å². The predicted molar refractivity (Wildman–Crippen MR) is 128 cm³/mol. The number of allylic oxidation sites excluding steroid dienone is 3. The zero-order chi connectivity index (χ0) is 19.0. The second-order valence-electron chi connectivity index (χ2n) is 7.18. The summed E-state index contributed by atoms with van der Waals surface area (Å²) in [4.78, 5) is 12.2. The van der Waals surface area contributed by atoms with Crippen molar-refractivity contribution in [3.05, 3.63) is 83.0 Å². The molecule has 0 saturated carbocycles. The van der Waals surface area contributed by atoms with Crippen molar-refractivity contribution < 1.29 is 4.80 Å². The van der Waals surface area contributed by atoms with Crippen LogP contribution in [0.4, 0.5) is 0 Å². The molecule has 0 aliphatic rings. The van der Waals surface area contributed by atoms with Gasteiger partial charge in [-0.05, 0) is 37.6 Å². The standard InChI is InChI=1S/C22H27IOSSi/c1-22(2,17-19(18-25)11-9-10-16-23)26(24,20-12-5-3-6-13-20)21-14-7-4-8-15-21/h3-16,19,24-25H,17-18H2,1-2H3/b11-9+,16-10+/t19-/m1/s1. The van der Waals surface area contributed by atoms with E-state index in [2.05, 4.69) is 85.5 Å². The number of halogens is 1. The molecular weight excluding hydrogens is 467 g/mol. The van der Waals surface area contributed by atoms with Crippen LogP contribution in [0.15, 0.2) is 83.0 Å². The summed E-state index contributed by atoms with van der Waals surface area (Å²) in [7, 11) is -2.94. The Morgan fingerprint density at radius 2 is 1.50 bits per heavy atom. The largest absolute Gasteiger partial charge is 0.424 e. The molecule has 0 aromatic heterocycles. The van der Waals surface area contributed by atoms with Gasteiger partial charge in [0.15, 0.2) is 0 Å². The summed E-state index contributed by atoms with van der Waals surface area (Å²) in [6.45, 7) is 4.41. The first-order valence-corrected chi connectivity index (χ1v) is 12.7. The van der Waals surface area contributed by atoms with Crippen molar-refractivity contribution in [3.8, 4) is 0 Å². The number of hydrogen-bond acceptors (Lipinski definition) is 2. The van der Waals surface area contributed by atoms with Crippen molar-refractivity contribution in [2.45, 2.75) is 25.3 Å². The van der Waals surface area contributed by atoms with Gasteiger partial charge in [-0.3, -0.25) is 0 Å². The first kappa shape index (κ1) is 21.5. The molecule has 1 atom stereocenters. The minimum absolute atomic E-state index is 0.249. The quantitative estimate of drug-likeness (QED) is 0.230. The van der Waals surface area contributed by atoms with Crippen molar-refractivity contribution in [2.24, 2.45) is 5.92 Å². The Kier molecular flexibility index (Phi) is 8.20. The summed E-state index contributed by atoms with van der Waals surface area (Å²) in [6, 6.07) is 20.4. The highest BCUT2D eigenvalue weighted by Gasteiger charge is 2.50. The molecule has 0 heterocycles. The van der Waals surface area contributed by atoms with Crippen molar-refractivity contribution in [2.75, 3.05) is 5.75 Å². The molecule has 0 fully saturated rings. The second-order valence-corrected chi connectivity index (χ2v) is 12.2. The summed E-state index contributed by atoms with van der Waals surface area (Å²) in [6.07, 6.45) is 7.19. The van der Waals surface area contributed by atoms with Gasteiger partial charge in [0.1, 0.15) is 0 Å². The highest BCUT2D eigenvalue weighted by Crippen LogP contribution is 2.41. The average molecular weight is 495 g/mol. The molecule has 138 valence electrons. The van der Waals surface area contributed by atoms with Crippen LogP contribution in [0.5, 0.6) is 0 Å². The monoisotopic (exact) mass is 494 g/mol. The second kappa shape index (κ2) is 9.92. The summed E-state index contributed by atoms with van der Waals surface area (Å²) < 4.78 is 1.99. The van der Waals surface area contributed by atoms with Gasteiger partial charge in [-0.1, -0.05) is 115 Å². The summed E-state index contributed by atoms with van der Waals surface area (Å²) in [5, 5.41) is 1.87. The van der Waals surface area contributed by atoms with Gasteiger partial charge in [0.2, 0.25) is 0 Å². The Labute approximate surface area is 177 Å². The molecule has 0 unspecified atom stereocenters. The fourth-order valence-corrected chi connectivity index (χ4v) is 7.86. The van der Waals surface area contributed by atoms with E-state index in [0.717, 1.165) is 22.5 Å². The van der Waals surface area contributed by atoms with Gasteiger partial charge >= 0.3 is 0 Å². The van der Waals surface area contributed by atoms with Gasteiger partial charge < -0.3 is 4.80 Å². The van der Waals surface area contributed by atoms with E-state index in [1.165, 1.54) is 0 Å². The zero-order valence-electron chi connectivity index (χ0n) is 15.3. The predicted octanol–water partition coefficient (Wildman–Crippen LogP) is 4.96. The lowest BCUT2D eigenvalue weighted by Crippen LogP contribution is -2.65. The van der Waals surface area contributed by atoms with E-state index in [9.17, 15) is 4.80 Å². The van der Waals surface area contributed by atoms with Crippen LogP contribution >= 0.6 is 35.2 Å². The molecule has 2 aromatic rings. The molecule has 1 nitrogen and oxygen atoms in total. The molecule has 0 aliphatic carbocycles. The molecule has 0 amide bonds. The van der Waals surface area contributed by atoms with E-state index in [4.69, 9.17) is 0 Å². The normalized spacial score (nSPS) is 14.2. The van der Waals surface area contributed by atoms with Crippen molar-refractivity contribution in [3.63, 3.8) is 0 Å². The molecule has 26 heavy (non-hydrogen) atoms. The average Bonchev–Trinajstić information content (AvgIpc) is 2.67. The van der Waals surface area contributed by atoms with Crippen LogP contribution < -0.4 is 10.4 Å². The van der Waals surface area contributed by atoms with Crippen LogP contribution in [-0.2, 0) is 0 Å². The molecule has 2 rings (SSSR count). The molecule has 2 aromatic carbocycles. The van der Waals surface area contributed by atoms with Gasteiger partial charge in [-0.25, -0.2) is 0 Å². The topological polar surface area (TPSA) is 20.2 Å². The lowest BCUT2D eigenvalue weighted by Gasteiger charge is -2.42. The van der Waals surface area contributed by atoms with E-state index < -0.39 is 8.32 Å². The highest BCUT2D eigenvalue weighted by molar-refractivity contribution is 14.1. The fraction of sp³-hybridized carbons (Fsp3) is 0.273. The molecule has 0 radical (unpaired) electrons. The van der Waals surface area contributed by atoms with Crippen molar-refractivity contribution in [1.82, 2.24) is 0 Å². The van der Waals surface area contributed by atoms with Crippen LogP contribution in [-0.4, -0.2) is 18.9 Å². The van der Waals surface area contributed by atoms with Gasteiger partial charge in [-0.15, -0.1) is 0 Å². The Morgan fingerprint density at radius 1 is 1.00 bits per heavy atom. The van der Waals surface area contributed by atoms with Crippen LogP contribution in [0.3, 0.4) is 0 Å². The SMILES string of the molecule is CC(C)(C[C@@H](/C=C/C=C/I)CS)[Si](O)(c1ccccc1)c1ccccc1. The van der Waals surface area contributed by atoms with Crippen LogP contribution in [0.25, 0.3) is 0 Å². The zero-order valence-corrected chi connectivity index (χ0v) is 19.4. The Balaban J connectivity index is 2.47. The summed E-state index contributed by atoms with van der Waals surface area (Å²) in [5.41, 5.74) is 0. The van der Waals surface area contributed by atoms with Crippen LogP contribution in [0.1, 0.15) is 20.3 Å². The first-order chi connectivity index (χ1) is 12.5. The lowest BCUT2D eigenvalue weighted by atomic mass is 9.97. The van der Waals surface area contributed by atoms with E-state index in [-0.39, 0.29) is 5.04 Å². The molecular formula is C22H27IOSSi. The molecule has 0 bridgehead atoms. The third-order valence-corrected chi connectivity index (χ3v) is 10.3. The van der Waals surface area contributed by atoms with E-state index in [1.54, 1.807) is 0 Å². The fourth-order valence-electron chi connectivity index (χ4n) is 3.57. The Hall–Kier alpha value is -0.823. The maximum absolute atomic E-state index is 12.2. The maximum Gasteiger partial charge on any atom is 0.258 e. The van der Waals surface area contributed by atoms with E-state index >= 15 is 0 Å². The third-order valence-electron chi connectivity index (χ3n) is 4.94. The lowest BCUT2D eigenvalue weighted by molar-refractivity contribution is 0.436. The summed E-state index contributed by atoms with van der Waals surface area (Å²) >= 11 is 6.78. The first-order valence-electron chi connectivity index (χ1n) is 8.83. The molecule has 0 spiro atoms. The molecule has 4 heteroatoms. The minimum Gasteiger partial charge on any atom is -0.424 e. The third kappa shape index (κ3) is 4.91. The number of hydrogen-bond donors (Lipinski definition) is 2. The van der Waals surface area contributed by atoms with Gasteiger partial charge in [0.25, 0.3) is 8.32 Å². The Bertz CT molecular complexity index is 689. The smallest absolute Gasteiger partial charge is 0.258 e. The van der Waals surface area contributed by atoms with E-state index in [1.807, 2.05) is 46.6 Å². The number of thiol groups is 1. The Morgan fingerprint density at radius 3 is 1.92 bits per heavy atom. The van der Waals surface area contributed by atoms with Gasteiger partial charge in [0.05, 0.1) is 0 Å². The van der Waals surface area contributed by atoms with Crippen LogP contribution in [0, 0.1) is 5.92 Å². The number of benzene rings is 2. The number of rotatable bonds is 8. The van der Waals surface area contributed by atoms with E-state index in [0.29, 0.717) is 5.92 Å². The van der Waals surface area contributed by atoms with Gasteiger partial charge in [-0.2, -0.15) is 12.6 Å². The maximum atomic E-state index is 12.2. The molecule has 0 aliphatic heterocycles. The van der Waals surface area contributed by atoms with Crippen molar-refractivity contribution >= 4 is 53.9 Å². The summed E-state index contributed by atoms with van der Waals surface area (Å²) in [5.74, 6) is 1.08. The van der Waals surface area contributed by atoms with Crippen molar-refractivity contribution in [1.29, 1.82) is 0 Å². The minimum atomic E-state index is -2.94. The van der Waals surface area contributed by atoms with Gasteiger partial charge in [0, 0.05) is 0 Å². The molecule has 1 N–H and O–H groups in total. The molecule has 0 saturated heterocycles.